The largest absolute Gasteiger partial charge is 0.484 e. The van der Waals surface area contributed by atoms with Crippen LogP contribution in [0.5, 0.6) is 5.75 Å². The van der Waals surface area contributed by atoms with Crippen molar-refractivity contribution in [2.45, 2.75) is 0 Å². The molecule has 1 N–H and O–H groups in total. The van der Waals surface area contributed by atoms with E-state index < -0.39 is 0 Å². The minimum atomic E-state index is -0.326. The Hall–Kier alpha value is -3.73. The molecule has 3 aromatic carbocycles. The number of rotatable bonds is 5. The van der Waals surface area contributed by atoms with Crippen molar-refractivity contribution < 1.29 is 9.53 Å². The van der Waals surface area contributed by atoms with Gasteiger partial charge in [-0.25, -0.2) is 5.43 Å². The van der Waals surface area contributed by atoms with Crippen LogP contribution < -0.4 is 10.2 Å². The lowest BCUT2D eigenvalue weighted by molar-refractivity contribution is -0.123. The summed E-state index contributed by atoms with van der Waals surface area (Å²) < 4.78 is 5.55. The SMILES string of the molecule is O=C(COc1ccc2ccccc2c1)NN=Cc1cccc2cccnc12. The van der Waals surface area contributed by atoms with Gasteiger partial charge in [0.1, 0.15) is 5.75 Å². The maximum absolute atomic E-state index is 12.0. The van der Waals surface area contributed by atoms with Crippen LogP contribution in [0.1, 0.15) is 5.56 Å². The lowest BCUT2D eigenvalue weighted by atomic mass is 10.1. The third-order valence-electron chi connectivity index (χ3n) is 4.15. The molecule has 0 atom stereocenters. The van der Waals surface area contributed by atoms with Crippen molar-refractivity contribution in [3.63, 3.8) is 0 Å². The molecular weight excluding hydrogens is 338 g/mol. The first kappa shape index (κ1) is 16.7. The molecular formula is C22H17N3O2. The zero-order valence-electron chi connectivity index (χ0n) is 14.5. The fraction of sp³-hybridized carbons (Fsp3) is 0.0455. The Morgan fingerprint density at radius 1 is 0.963 bits per heavy atom. The molecule has 1 heterocycles. The average molecular weight is 355 g/mol. The number of fused-ring (bicyclic) bond motifs is 2. The number of hydrogen-bond donors (Lipinski definition) is 1. The minimum absolute atomic E-state index is 0.108. The highest BCUT2D eigenvalue weighted by molar-refractivity contribution is 5.97. The number of hydrogen-bond acceptors (Lipinski definition) is 4. The summed E-state index contributed by atoms with van der Waals surface area (Å²) in [5.74, 6) is 0.318. The molecule has 0 saturated carbocycles. The number of amides is 1. The molecule has 1 amide bonds. The molecule has 0 fully saturated rings. The summed E-state index contributed by atoms with van der Waals surface area (Å²) in [5, 5.41) is 7.22. The number of carbonyl (C=O) groups excluding carboxylic acids is 1. The second-order valence-electron chi connectivity index (χ2n) is 6.01. The monoisotopic (exact) mass is 355 g/mol. The number of benzene rings is 3. The van der Waals surface area contributed by atoms with Crippen LogP contribution >= 0.6 is 0 Å². The molecule has 4 aromatic rings. The van der Waals surface area contributed by atoms with Crippen molar-refractivity contribution >= 4 is 33.8 Å². The van der Waals surface area contributed by atoms with Crippen LogP contribution in [0.15, 0.2) is 84.1 Å². The molecule has 1 aromatic heterocycles. The molecule has 5 nitrogen and oxygen atoms in total. The summed E-state index contributed by atoms with van der Waals surface area (Å²) in [7, 11) is 0. The van der Waals surface area contributed by atoms with Crippen LogP contribution in [0.2, 0.25) is 0 Å². The third-order valence-corrected chi connectivity index (χ3v) is 4.15. The molecule has 0 bridgehead atoms. The van der Waals surface area contributed by atoms with Crippen molar-refractivity contribution in [3.05, 3.63) is 84.6 Å². The Morgan fingerprint density at radius 3 is 2.70 bits per heavy atom. The molecule has 4 rings (SSSR count). The molecule has 27 heavy (non-hydrogen) atoms. The number of nitrogens with one attached hydrogen (secondary N) is 1. The predicted octanol–water partition coefficient (Wildman–Crippen LogP) is 3.92. The van der Waals surface area contributed by atoms with Gasteiger partial charge in [-0.2, -0.15) is 5.10 Å². The van der Waals surface area contributed by atoms with Gasteiger partial charge < -0.3 is 4.74 Å². The van der Waals surface area contributed by atoms with Gasteiger partial charge in [-0.05, 0) is 29.0 Å². The van der Waals surface area contributed by atoms with Gasteiger partial charge in [-0.3, -0.25) is 9.78 Å². The number of hydrazone groups is 1. The second kappa shape index (κ2) is 7.66. The zero-order chi connectivity index (χ0) is 18.5. The number of ether oxygens (including phenoxy) is 1. The van der Waals surface area contributed by atoms with Crippen LogP contribution in [-0.4, -0.2) is 23.7 Å². The van der Waals surface area contributed by atoms with Crippen molar-refractivity contribution in [3.8, 4) is 5.75 Å². The Balaban J connectivity index is 1.37. The Labute approximate surface area is 156 Å². The molecule has 0 aliphatic carbocycles. The van der Waals surface area contributed by atoms with Gasteiger partial charge in [-0.1, -0.05) is 54.6 Å². The lowest BCUT2D eigenvalue weighted by Crippen LogP contribution is -2.24. The normalized spacial score (nSPS) is 11.1. The van der Waals surface area contributed by atoms with E-state index in [0.29, 0.717) is 5.75 Å². The Morgan fingerprint density at radius 2 is 1.78 bits per heavy atom. The maximum Gasteiger partial charge on any atom is 0.277 e. The summed E-state index contributed by atoms with van der Waals surface area (Å²) in [6.07, 6.45) is 3.32. The number of nitrogens with zero attached hydrogens (tertiary/aromatic N) is 2. The second-order valence-corrected chi connectivity index (χ2v) is 6.01. The van der Waals surface area contributed by atoms with E-state index in [-0.39, 0.29) is 12.5 Å². The summed E-state index contributed by atoms with van der Waals surface area (Å²) >= 11 is 0. The highest BCUT2D eigenvalue weighted by Gasteiger charge is 2.03. The van der Waals surface area contributed by atoms with E-state index in [1.165, 1.54) is 0 Å². The van der Waals surface area contributed by atoms with Gasteiger partial charge in [0.05, 0.1) is 11.7 Å². The first-order valence-electron chi connectivity index (χ1n) is 8.57. The fourth-order valence-electron chi connectivity index (χ4n) is 2.84. The predicted molar refractivity (Wildman–Crippen MR) is 107 cm³/mol. The summed E-state index contributed by atoms with van der Waals surface area (Å²) in [6.45, 7) is -0.108. The summed E-state index contributed by atoms with van der Waals surface area (Å²) in [5.41, 5.74) is 4.16. The van der Waals surface area contributed by atoms with Crippen molar-refractivity contribution in [2.75, 3.05) is 6.61 Å². The Kier molecular flexibility index (Phi) is 4.74. The van der Waals surface area contributed by atoms with Crippen molar-refractivity contribution in [2.24, 2.45) is 5.10 Å². The first-order chi connectivity index (χ1) is 13.3. The minimum Gasteiger partial charge on any atom is -0.484 e. The average Bonchev–Trinajstić information content (AvgIpc) is 2.72. The van der Waals surface area contributed by atoms with E-state index in [1.807, 2.05) is 72.8 Å². The highest BCUT2D eigenvalue weighted by Crippen LogP contribution is 2.20. The quantitative estimate of drug-likeness (QED) is 0.436. The van der Waals surface area contributed by atoms with Crippen LogP contribution in [0.3, 0.4) is 0 Å². The van der Waals surface area contributed by atoms with Gasteiger partial charge in [0.2, 0.25) is 0 Å². The van der Waals surface area contributed by atoms with E-state index >= 15 is 0 Å². The van der Waals surface area contributed by atoms with Gasteiger partial charge in [0.25, 0.3) is 5.91 Å². The molecule has 0 radical (unpaired) electrons. The Bertz CT molecular complexity index is 1130. The number of para-hydroxylation sites is 1. The molecule has 0 unspecified atom stereocenters. The van der Waals surface area contributed by atoms with Crippen LogP contribution in [-0.2, 0) is 4.79 Å². The standard InChI is InChI=1S/C22H17N3O2/c26-21(15-27-20-11-10-16-5-1-2-6-18(16)13-20)25-24-14-19-8-3-7-17-9-4-12-23-22(17)19/h1-14H,15H2,(H,25,26). The molecule has 0 aliphatic rings. The number of pyridine rings is 1. The molecule has 0 spiro atoms. The molecule has 5 heteroatoms. The van der Waals surface area contributed by atoms with Crippen LogP contribution in [0, 0.1) is 0 Å². The first-order valence-corrected chi connectivity index (χ1v) is 8.57. The maximum atomic E-state index is 12.0. The van der Waals surface area contributed by atoms with E-state index in [9.17, 15) is 4.79 Å². The van der Waals surface area contributed by atoms with E-state index in [0.717, 1.165) is 27.2 Å². The zero-order valence-corrected chi connectivity index (χ0v) is 14.5. The van der Waals surface area contributed by atoms with E-state index in [1.54, 1.807) is 12.4 Å². The highest BCUT2D eigenvalue weighted by atomic mass is 16.5. The van der Waals surface area contributed by atoms with Crippen LogP contribution in [0.4, 0.5) is 0 Å². The topological polar surface area (TPSA) is 63.6 Å². The van der Waals surface area contributed by atoms with E-state index in [4.69, 9.17) is 4.74 Å². The smallest absolute Gasteiger partial charge is 0.277 e. The van der Waals surface area contributed by atoms with Crippen LogP contribution in [0.25, 0.3) is 21.7 Å². The van der Waals surface area contributed by atoms with Gasteiger partial charge in [-0.15, -0.1) is 0 Å². The number of aromatic nitrogens is 1. The van der Waals surface area contributed by atoms with Gasteiger partial charge >= 0.3 is 0 Å². The van der Waals surface area contributed by atoms with E-state index in [2.05, 4.69) is 15.5 Å². The summed E-state index contributed by atoms with van der Waals surface area (Å²) in [4.78, 5) is 16.3. The molecule has 0 aliphatic heterocycles. The lowest BCUT2D eigenvalue weighted by Gasteiger charge is -2.06. The molecule has 0 saturated heterocycles. The van der Waals surface area contributed by atoms with Gasteiger partial charge in [0.15, 0.2) is 6.61 Å². The van der Waals surface area contributed by atoms with Crippen molar-refractivity contribution in [1.82, 2.24) is 10.4 Å². The third kappa shape index (κ3) is 3.93. The van der Waals surface area contributed by atoms with Crippen molar-refractivity contribution in [1.29, 1.82) is 0 Å². The fourth-order valence-corrected chi connectivity index (χ4v) is 2.84. The summed E-state index contributed by atoms with van der Waals surface area (Å²) in [6, 6.07) is 23.4. The molecule has 132 valence electrons. The number of carbonyl (C=O) groups is 1. The van der Waals surface area contributed by atoms with Gasteiger partial charge in [0, 0.05) is 17.1 Å².